The van der Waals surface area contributed by atoms with Crippen LogP contribution in [0.2, 0.25) is 0 Å². The van der Waals surface area contributed by atoms with Gasteiger partial charge in [0.15, 0.2) is 0 Å². The Hall–Kier alpha value is -1.49. The van der Waals surface area contributed by atoms with E-state index in [0.29, 0.717) is 13.2 Å². The second-order valence-corrected chi connectivity index (χ2v) is 5.21. The Morgan fingerprint density at radius 1 is 1.26 bits per heavy atom. The lowest BCUT2D eigenvalue weighted by Gasteiger charge is -2.30. The van der Waals surface area contributed by atoms with Crippen molar-refractivity contribution in [1.29, 1.82) is 0 Å². The molecule has 0 saturated carbocycles. The maximum absolute atomic E-state index is 12.6. The molecule has 2 saturated heterocycles. The maximum Gasteiger partial charge on any atom is 0.226 e. The van der Waals surface area contributed by atoms with Gasteiger partial charge in [-0.3, -0.25) is 14.8 Å². The van der Waals surface area contributed by atoms with E-state index >= 15 is 0 Å². The van der Waals surface area contributed by atoms with Crippen LogP contribution in [0.5, 0.6) is 0 Å². The van der Waals surface area contributed by atoms with E-state index in [1.54, 1.807) is 18.6 Å². The zero-order valence-corrected chi connectivity index (χ0v) is 11.0. The van der Waals surface area contributed by atoms with Crippen LogP contribution in [0, 0.1) is 5.92 Å². The van der Waals surface area contributed by atoms with Crippen molar-refractivity contribution in [2.45, 2.75) is 31.7 Å². The first kappa shape index (κ1) is 12.5. The molecule has 1 amide bonds. The number of carbonyl (C=O) groups excluding carboxylic acids is 1. The summed E-state index contributed by atoms with van der Waals surface area (Å²) in [5.41, 5.74) is 0.917. The van der Waals surface area contributed by atoms with Gasteiger partial charge in [-0.25, -0.2) is 0 Å². The summed E-state index contributed by atoms with van der Waals surface area (Å²) in [4.78, 5) is 23.1. The largest absolute Gasteiger partial charge is 0.381 e. The summed E-state index contributed by atoms with van der Waals surface area (Å²) < 4.78 is 5.33. The van der Waals surface area contributed by atoms with Gasteiger partial charge in [-0.2, -0.15) is 0 Å². The molecule has 1 atom stereocenters. The van der Waals surface area contributed by atoms with Crippen LogP contribution in [0.4, 0.5) is 0 Å². The molecular formula is C14H19N3O2. The van der Waals surface area contributed by atoms with Crippen molar-refractivity contribution in [2.75, 3.05) is 19.8 Å². The number of rotatable bonds is 2. The first-order valence-electron chi connectivity index (χ1n) is 7.00. The van der Waals surface area contributed by atoms with E-state index in [1.807, 2.05) is 4.90 Å². The summed E-state index contributed by atoms with van der Waals surface area (Å²) in [6.45, 7) is 2.26. The fraction of sp³-hybridized carbons (Fsp3) is 0.643. The molecule has 1 aromatic rings. The van der Waals surface area contributed by atoms with E-state index in [2.05, 4.69) is 9.97 Å². The lowest BCUT2D eigenvalue weighted by atomic mass is 9.98. The average Bonchev–Trinajstić information content (AvgIpc) is 2.98. The number of carbonyl (C=O) groups is 1. The molecule has 3 heterocycles. The van der Waals surface area contributed by atoms with E-state index in [0.717, 1.165) is 37.9 Å². The van der Waals surface area contributed by atoms with Gasteiger partial charge < -0.3 is 9.64 Å². The zero-order valence-electron chi connectivity index (χ0n) is 11.0. The highest BCUT2D eigenvalue weighted by Crippen LogP contribution is 2.33. The second-order valence-electron chi connectivity index (χ2n) is 5.21. The van der Waals surface area contributed by atoms with Crippen molar-refractivity contribution in [3.05, 3.63) is 24.3 Å². The molecule has 0 N–H and O–H groups in total. The fourth-order valence-electron chi connectivity index (χ4n) is 3.00. The standard InChI is InChI=1S/C14H19N3O2/c18-14(11-3-8-19-9-4-11)17-7-1-2-13(17)12-10-15-5-6-16-12/h5-6,10-11,13H,1-4,7-9H2. The summed E-state index contributed by atoms with van der Waals surface area (Å²) in [6.07, 6.45) is 8.89. The average molecular weight is 261 g/mol. The molecule has 3 rings (SSSR count). The predicted molar refractivity (Wildman–Crippen MR) is 69.3 cm³/mol. The van der Waals surface area contributed by atoms with Gasteiger partial charge in [-0.15, -0.1) is 0 Å². The number of ether oxygens (including phenoxy) is 1. The van der Waals surface area contributed by atoms with Crippen LogP contribution in [0.15, 0.2) is 18.6 Å². The molecule has 2 aliphatic rings. The highest BCUT2D eigenvalue weighted by Gasteiger charge is 2.35. The highest BCUT2D eigenvalue weighted by atomic mass is 16.5. The number of hydrogen-bond acceptors (Lipinski definition) is 4. The van der Waals surface area contributed by atoms with Gasteiger partial charge in [0.2, 0.25) is 5.91 Å². The Labute approximate surface area is 113 Å². The molecule has 0 spiro atoms. The van der Waals surface area contributed by atoms with Crippen molar-refractivity contribution >= 4 is 5.91 Å². The van der Waals surface area contributed by atoms with Gasteiger partial charge in [0.25, 0.3) is 0 Å². The zero-order chi connectivity index (χ0) is 13.1. The first-order chi connectivity index (χ1) is 9.36. The third-order valence-electron chi connectivity index (χ3n) is 4.03. The molecule has 0 aliphatic carbocycles. The van der Waals surface area contributed by atoms with Gasteiger partial charge in [0, 0.05) is 38.1 Å². The normalized spacial score (nSPS) is 24.6. The molecule has 1 aromatic heterocycles. The fourth-order valence-corrected chi connectivity index (χ4v) is 3.00. The third-order valence-corrected chi connectivity index (χ3v) is 4.03. The molecule has 2 aliphatic heterocycles. The number of likely N-dealkylation sites (tertiary alicyclic amines) is 1. The molecule has 19 heavy (non-hydrogen) atoms. The molecule has 0 bridgehead atoms. The molecule has 0 radical (unpaired) electrons. The monoisotopic (exact) mass is 261 g/mol. The lowest BCUT2D eigenvalue weighted by molar-refractivity contribution is -0.139. The van der Waals surface area contributed by atoms with Crippen LogP contribution in [0.25, 0.3) is 0 Å². The van der Waals surface area contributed by atoms with Gasteiger partial charge in [0.05, 0.1) is 17.9 Å². The van der Waals surface area contributed by atoms with Crippen LogP contribution >= 0.6 is 0 Å². The van der Waals surface area contributed by atoms with Crippen molar-refractivity contribution in [1.82, 2.24) is 14.9 Å². The third kappa shape index (κ3) is 2.61. The second kappa shape index (κ2) is 5.65. The minimum Gasteiger partial charge on any atom is -0.381 e. The highest BCUT2D eigenvalue weighted by molar-refractivity contribution is 5.79. The van der Waals surface area contributed by atoms with Crippen LogP contribution in [0.1, 0.15) is 37.4 Å². The number of hydrogen-bond donors (Lipinski definition) is 0. The van der Waals surface area contributed by atoms with Crippen LogP contribution in [-0.4, -0.2) is 40.5 Å². The Balaban J connectivity index is 1.74. The number of nitrogens with zero attached hydrogens (tertiary/aromatic N) is 3. The van der Waals surface area contributed by atoms with Crippen LogP contribution < -0.4 is 0 Å². The lowest BCUT2D eigenvalue weighted by Crippen LogP contribution is -2.38. The predicted octanol–water partition coefficient (Wildman–Crippen LogP) is 1.57. The summed E-state index contributed by atoms with van der Waals surface area (Å²) in [7, 11) is 0. The van der Waals surface area contributed by atoms with Gasteiger partial charge in [0.1, 0.15) is 0 Å². The Morgan fingerprint density at radius 2 is 2.11 bits per heavy atom. The SMILES string of the molecule is O=C(C1CCOCC1)N1CCCC1c1cnccn1. The summed E-state index contributed by atoms with van der Waals surface area (Å²) >= 11 is 0. The number of amides is 1. The van der Waals surface area contributed by atoms with Crippen molar-refractivity contribution < 1.29 is 9.53 Å². The van der Waals surface area contributed by atoms with Crippen molar-refractivity contribution in [3.63, 3.8) is 0 Å². The van der Waals surface area contributed by atoms with E-state index in [4.69, 9.17) is 4.74 Å². The van der Waals surface area contributed by atoms with Crippen LogP contribution in [-0.2, 0) is 9.53 Å². The van der Waals surface area contributed by atoms with Crippen LogP contribution in [0.3, 0.4) is 0 Å². The Bertz CT molecular complexity index is 432. The quantitative estimate of drug-likeness (QED) is 0.811. The van der Waals surface area contributed by atoms with Crippen molar-refractivity contribution in [2.24, 2.45) is 5.92 Å². The molecular weight excluding hydrogens is 242 g/mol. The number of aromatic nitrogens is 2. The van der Waals surface area contributed by atoms with E-state index in [9.17, 15) is 4.79 Å². The molecule has 5 nitrogen and oxygen atoms in total. The molecule has 102 valence electrons. The Kier molecular flexibility index (Phi) is 3.73. The van der Waals surface area contributed by atoms with Gasteiger partial charge in [-0.1, -0.05) is 0 Å². The van der Waals surface area contributed by atoms with Gasteiger partial charge >= 0.3 is 0 Å². The van der Waals surface area contributed by atoms with Gasteiger partial charge in [-0.05, 0) is 25.7 Å². The maximum atomic E-state index is 12.6. The Morgan fingerprint density at radius 3 is 2.84 bits per heavy atom. The first-order valence-corrected chi connectivity index (χ1v) is 7.00. The van der Waals surface area contributed by atoms with E-state index in [1.165, 1.54) is 0 Å². The van der Waals surface area contributed by atoms with E-state index in [-0.39, 0.29) is 17.9 Å². The molecule has 2 fully saturated rings. The molecule has 0 aromatic carbocycles. The topological polar surface area (TPSA) is 55.3 Å². The van der Waals surface area contributed by atoms with Crippen molar-refractivity contribution in [3.8, 4) is 0 Å². The molecule has 1 unspecified atom stereocenters. The minimum absolute atomic E-state index is 0.115. The minimum atomic E-state index is 0.115. The van der Waals surface area contributed by atoms with E-state index < -0.39 is 0 Å². The summed E-state index contributed by atoms with van der Waals surface area (Å²) in [5.74, 6) is 0.405. The summed E-state index contributed by atoms with van der Waals surface area (Å²) in [5, 5.41) is 0. The summed E-state index contributed by atoms with van der Waals surface area (Å²) in [6, 6.07) is 0.115. The molecule has 5 heteroatoms. The smallest absolute Gasteiger partial charge is 0.226 e.